The maximum absolute atomic E-state index is 6.65. The summed E-state index contributed by atoms with van der Waals surface area (Å²) in [7, 11) is 0. The molecule has 258 valence electrons. The minimum Gasteiger partial charge on any atom is -0.453 e. The molecule has 0 bridgehead atoms. The SMILES string of the molecule is c1ccc(-c2cc(-c3ccccc3)cc(-n3c4ccccc4c4cc(-c5ccc6c(c5)Oc5ccccc5N6c5ccc6ccccc6c5)ccc43)c2)cc1. The van der Waals surface area contributed by atoms with Crippen molar-refractivity contribution >= 4 is 49.6 Å². The van der Waals surface area contributed by atoms with Gasteiger partial charge in [-0.3, -0.25) is 0 Å². The molecule has 10 aromatic rings. The fourth-order valence-electron chi connectivity index (χ4n) is 8.30. The first-order valence-corrected chi connectivity index (χ1v) is 18.7. The lowest BCUT2D eigenvalue weighted by Gasteiger charge is -2.33. The van der Waals surface area contributed by atoms with Crippen LogP contribution in [0.15, 0.2) is 206 Å². The fraction of sp³-hybridized carbons (Fsp3) is 0. The minimum absolute atomic E-state index is 0.832. The van der Waals surface area contributed by atoms with E-state index >= 15 is 0 Å². The number of aromatic nitrogens is 1. The maximum Gasteiger partial charge on any atom is 0.152 e. The second-order valence-electron chi connectivity index (χ2n) is 14.2. The highest BCUT2D eigenvalue weighted by atomic mass is 16.5. The van der Waals surface area contributed by atoms with Crippen molar-refractivity contribution in [1.29, 1.82) is 0 Å². The Bertz CT molecular complexity index is 3010. The van der Waals surface area contributed by atoms with E-state index < -0.39 is 0 Å². The number of anilines is 3. The monoisotopic (exact) mass is 702 g/mol. The summed E-state index contributed by atoms with van der Waals surface area (Å²) in [6.07, 6.45) is 0. The van der Waals surface area contributed by atoms with Crippen molar-refractivity contribution in [1.82, 2.24) is 4.57 Å². The van der Waals surface area contributed by atoms with Crippen LogP contribution in [-0.4, -0.2) is 4.57 Å². The van der Waals surface area contributed by atoms with Crippen LogP contribution in [0.1, 0.15) is 0 Å². The number of para-hydroxylation sites is 3. The number of rotatable bonds is 5. The molecule has 2 heterocycles. The normalized spacial score (nSPS) is 12.1. The van der Waals surface area contributed by atoms with Crippen LogP contribution < -0.4 is 9.64 Å². The molecular formula is C52H34N2O. The predicted octanol–water partition coefficient (Wildman–Crippen LogP) is 14.5. The Morgan fingerprint density at radius 1 is 0.309 bits per heavy atom. The Hall–Kier alpha value is -7.36. The smallest absolute Gasteiger partial charge is 0.152 e. The van der Waals surface area contributed by atoms with E-state index in [1.165, 1.54) is 54.8 Å². The van der Waals surface area contributed by atoms with E-state index in [0.29, 0.717) is 0 Å². The fourth-order valence-corrected chi connectivity index (χ4v) is 8.30. The van der Waals surface area contributed by atoms with E-state index in [9.17, 15) is 0 Å². The Balaban J connectivity index is 1.05. The van der Waals surface area contributed by atoms with Gasteiger partial charge in [0, 0.05) is 22.1 Å². The van der Waals surface area contributed by atoms with Gasteiger partial charge in [0.05, 0.1) is 22.4 Å². The number of benzene rings is 9. The molecule has 1 aliphatic heterocycles. The molecule has 3 heteroatoms. The molecule has 0 saturated heterocycles. The zero-order valence-corrected chi connectivity index (χ0v) is 29.9. The van der Waals surface area contributed by atoms with Crippen LogP contribution in [0, 0.1) is 0 Å². The zero-order valence-electron chi connectivity index (χ0n) is 29.9. The van der Waals surface area contributed by atoms with Crippen LogP contribution in [0.5, 0.6) is 11.5 Å². The van der Waals surface area contributed by atoms with Gasteiger partial charge in [-0.1, -0.05) is 133 Å². The lowest BCUT2D eigenvalue weighted by atomic mass is 9.98. The van der Waals surface area contributed by atoms with Gasteiger partial charge in [0.1, 0.15) is 0 Å². The Morgan fingerprint density at radius 2 is 0.927 bits per heavy atom. The van der Waals surface area contributed by atoms with Gasteiger partial charge < -0.3 is 14.2 Å². The molecule has 0 atom stereocenters. The molecule has 0 fully saturated rings. The number of ether oxygens (including phenoxy) is 1. The summed E-state index contributed by atoms with van der Waals surface area (Å²) in [6.45, 7) is 0. The second-order valence-corrected chi connectivity index (χ2v) is 14.2. The molecule has 0 amide bonds. The van der Waals surface area contributed by atoms with E-state index in [1.54, 1.807) is 0 Å². The minimum atomic E-state index is 0.832. The van der Waals surface area contributed by atoms with Gasteiger partial charge in [-0.25, -0.2) is 0 Å². The molecular weight excluding hydrogens is 669 g/mol. The van der Waals surface area contributed by atoms with Crippen molar-refractivity contribution in [3.05, 3.63) is 206 Å². The summed E-state index contributed by atoms with van der Waals surface area (Å²) in [5, 5.41) is 4.86. The summed E-state index contributed by atoms with van der Waals surface area (Å²) >= 11 is 0. The van der Waals surface area contributed by atoms with Crippen molar-refractivity contribution in [2.75, 3.05) is 4.90 Å². The third kappa shape index (κ3) is 5.28. The number of hydrogen-bond donors (Lipinski definition) is 0. The lowest BCUT2D eigenvalue weighted by Crippen LogP contribution is -2.15. The third-order valence-corrected chi connectivity index (χ3v) is 10.9. The van der Waals surface area contributed by atoms with Crippen LogP contribution in [-0.2, 0) is 0 Å². The van der Waals surface area contributed by atoms with Crippen LogP contribution in [0.3, 0.4) is 0 Å². The number of nitrogens with zero attached hydrogens (tertiary/aromatic N) is 2. The molecule has 0 N–H and O–H groups in total. The first-order valence-electron chi connectivity index (χ1n) is 18.7. The standard InChI is InChI=1S/C52H34N2O/c1-3-13-35(14-4-1)41-29-42(36-15-5-2-6-16-36)32-44(31-41)54-47-20-10-9-19-45(47)46-33-39(24-27-48(46)54)40-25-28-50-52(34-40)55-51-22-12-11-21-49(51)53(50)43-26-23-37-17-7-8-18-38(37)30-43/h1-34H. The van der Waals surface area contributed by atoms with Gasteiger partial charge in [0.25, 0.3) is 0 Å². The van der Waals surface area contributed by atoms with Gasteiger partial charge in [-0.05, 0) is 117 Å². The summed E-state index contributed by atoms with van der Waals surface area (Å²) in [4.78, 5) is 2.31. The van der Waals surface area contributed by atoms with E-state index in [1.807, 2.05) is 6.07 Å². The van der Waals surface area contributed by atoms with Crippen LogP contribution in [0.2, 0.25) is 0 Å². The van der Waals surface area contributed by atoms with Crippen LogP contribution >= 0.6 is 0 Å². The molecule has 0 aliphatic carbocycles. The van der Waals surface area contributed by atoms with Gasteiger partial charge >= 0.3 is 0 Å². The summed E-state index contributed by atoms with van der Waals surface area (Å²) < 4.78 is 9.07. The summed E-state index contributed by atoms with van der Waals surface area (Å²) in [6, 6.07) is 74.0. The molecule has 9 aromatic carbocycles. The average Bonchev–Trinajstić information content (AvgIpc) is 3.59. The van der Waals surface area contributed by atoms with Gasteiger partial charge in [0.2, 0.25) is 0 Å². The summed E-state index contributed by atoms with van der Waals surface area (Å²) in [5.74, 6) is 1.67. The lowest BCUT2D eigenvalue weighted by molar-refractivity contribution is 0.477. The maximum atomic E-state index is 6.65. The van der Waals surface area contributed by atoms with Gasteiger partial charge in [-0.2, -0.15) is 0 Å². The Kier molecular flexibility index (Phi) is 7.17. The largest absolute Gasteiger partial charge is 0.453 e. The van der Waals surface area contributed by atoms with E-state index in [2.05, 4.69) is 210 Å². The number of hydrogen-bond acceptors (Lipinski definition) is 2. The van der Waals surface area contributed by atoms with Crippen LogP contribution in [0.4, 0.5) is 17.1 Å². The quantitative estimate of drug-likeness (QED) is 0.178. The predicted molar refractivity (Wildman–Crippen MR) is 229 cm³/mol. The topological polar surface area (TPSA) is 17.4 Å². The molecule has 1 aliphatic rings. The first kappa shape index (κ1) is 31.2. The molecule has 0 unspecified atom stereocenters. The Labute approximate surface area is 319 Å². The molecule has 0 radical (unpaired) electrons. The molecule has 3 nitrogen and oxygen atoms in total. The highest BCUT2D eigenvalue weighted by Gasteiger charge is 2.26. The third-order valence-electron chi connectivity index (χ3n) is 10.9. The number of fused-ring (bicyclic) bond motifs is 6. The zero-order chi connectivity index (χ0) is 36.3. The van der Waals surface area contributed by atoms with Crippen molar-refractivity contribution in [3.63, 3.8) is 0 Å². The first-order chi connectivity index (χ1) is 27.2. The van der Waals surface area contributed by atoms with Gasteiger partial charge in [0.15, 0.2) is 11.5 Å². The average molecular weight is 703 g/mol. The van der Waals surface area contributed by atoms with E-state index in [0.717, 1.165) is 45.4 Å². The van der Waals surface area contributed by atoms with Crippen molar-refractivity contribution < 1.29 is 4.74 Å². The van der Waals surface area contributed by atoms with Crippen molar-refractivity contribution in [2.45, 2.75) is 0 Å². The second kappa shape index (κ2) is 12.6. The molecule has 0 saturated carbocycles. The molecule has 1 aromatic heterocycles. The van der Waals surface area contributed by atoms with E-state index in [-0.39, 0.29) is 0 Å². The van der Waals surface area contributed by atoms with E-state index in [4.69, 9.17) is 4.74 Å². The molecule has 0 spiro atoms. The molecule has 11 rings (SSSR count). The summed E-state index contributed by atoms with van der Waals surface area (Å²) in [5.41, 5.74) is 13.6. The van der Waals surface area contributed by atoms with Crippen molar-refractivity contribution in [3.8, 4) is 50.6 Å². The van der Waals surface area contributed by atoms with Crippen LogP contribution in [0.25, 0.3) is 71.6 Å². The van der Waals surface area contributed by atoms with Crippen molar-refractivity contribution in [2.24, 2.45) is 0 Å². The Morgan fingerprint density at radius 3 is 1.73 bits per heavy atom. The highest BCUT2D eigenvalue weighted by Crippen LogP contribution is 2.51. The van der Waals surface area contributed by atoms with Gasteiger partial charge in [-0.15, -0.1) is 0 Å². The molecule has 55 heavy (non-hydrogen) atoms. The highest BCUT2D eigenvalue weighted by molar-refractivity contribution is 6.10.